The standard InChI is InChI=1S/C19H21NO5S/c1-4-26(23)17-12-8-5-9-14(17)19(22)25-13(2)18(21)20-15-10-6-7-11-16(15)24-3/h5-13H,4H2,1-3H3,(H,20,21)/t13-,26-/m0/s1. The zero-order chi connectivity index (χ0) is 19.1. The lowest BCUT2D eigenvalue weighted by Gasteiger charge is -2.16. The number of esters is 1. The molecule has 2 aromatic carbocycles. The maximum Gasteiger partial charge on any atom is 0.340 e. The van der Waals surface area contributed by atoms with Gasteiger partial charge in [-0.15, -0.1) is 0 Å². The Morgan fingerprint density at radius 3 is 2.46 bits per heavy atom. The molecule has 2 rings (SSSR count). The van der Waals surface area contributed by atoms with Crippen LogP contribution in [-0.4, -0.2) is 35.1 Å². The summed E-state index contributed by atoms with van der Waals surface area (Å²) in [6.07, 6.45) is -1.03. The van der Waals surface area contributed by atoms with E-state index in [1.54, 1.807) is 49.4 Å². The Hall–Kier alpha value is -2.67. The van der Waals surface area contributed by atoms with Crippen LogP contribution in [0.2, 0.25) is 0 Å². The van der Waals surface area contributed by atoms with Crippen LogP contribution < -0.4 is 10.1 Å². The molecule has 0 fully saturated rings. The number of carbonyl (C=O) groups excluding carboxylic acids is 2. The topological polar surface area (TPSA) is 81.7 Å². The van der Waals surface area contributed by atoms with Crippen LogP contribution in [0.25, 0.3) is 0 Å². The minimum Gasteiger partial charge on any atom is -0.495 e. The van der Waals surface area contributed by atoms with Gasteiger partial charge in [-0.2, -0.15) is 0 Å². The highest BCUT2D eigenvalue weighted by Crippen LogP contribution is 2.23. The van der Waals surface area contributed by atoms with Crippen LogP contribution in [0.1, 0.15) is 24.2 Å². The van der Waals surface area contributed by atoms with Crippen molar-refractivity contribution in [3.63, 3.8) is 0 Å². The van der Waals surface area contributed by atoms with Crippen molar-refractivity contribution >= 4 is 28.4 Å². The van der Waals surface area contributed by atoms with Crippen molar-refractivity contribution < 1.29 is 23.3 Å². The number of benzene rings is 2. The first-order chi connectivity index (χ1) is 12.5. The van der Waals surface area contributed by atoms with E-state index in [0.29, 0.717) is 22.1 Å². The number of methoxy groups -OCH3 is 1. The Balaban J connectivity index is 2.10. The zero-order valence-electron chi connectivity index (χ0n) is 14.9. The normalized spacial score (nSPS) is 12.7. The summed E-state index contributed by atoms with van der Waals surface area (Å²) >= 11 is 0. The summed E-state index contributed by atoms with van der Waals surface area (Å²) < 4.78 is 22.5. The Labute approximate surface area is 155 Å². The smallest absolute Gasteiger partial charge is 0.340 e. The number of para-hydroxylation sites is 2. The van der Waals surface area contributed by atoms with Crippen molar-refractivity contribution in [1.29, 1.82) is 0 Å². The summed E-state index contributed by atoms with van der Waals surface area (Å²) in [5.74, 6) is -0.293. The highest BCUT2D eigenvalue weighted by atomic mass is 32.2. The second-order valence-electron chi connectivity index (χ2n) is 5.37. The quantitative estimate of drug-likeness (QED) is 0.753. The van der Waals surface area contributed by atoms with Gasteiger partial charge in [-0.3, -0.25) is 9.00 Å². The van der Waals surface area contributed by atoms with Gasteiger partial charge in [0.1, 0.15) is 5.75 Å². The van der Waals surface area contributed by atoms with Crippen molar-refractivity contribution in [3.8, 4) is 5.75 Å². The molecule has 0 aliphatic heterocycles. The van der Waals surface area contributed by atoms with Crippen molar-refractivity contribution in [2.45, 2.75) is 24.8 Å². The molecule has 2 aromatic rings. The molecule has 6 nitrogen and oxygen atoms in total. The Morgan fingerprint density at radius 2 is 1.77 bits per heavy atom. The highest BCUT2D eigenvalue weighted by Gasteiger charge is 2.22. The minimum atomic E-state index is -1.30. The molecule has 0 aliphatic rings. The monoisotopic (exact) mass is 375 g/mol. The summed E-state index contributed by atoms with van der Waals surface area (Å²) in [6, 6.07) is 13.5. The number of hydrogen-bond donors (Lipinski definition) is 1. The van der Waals surface area contributed by atoms with Gasteiger partial charge in [-0.05, 0) is 31.2 Å². The zero-order valence-corrected chi connectivity index (χ0v) is 15.7. The first kappa shape index (κ1) is 19.7. The van der Waals surface area contributed by atoms with Gasteiger partial charge in [0.25, 0.3) is 5.91 Å². The molecule has 0 radical (unpaired) electrons. The summed E-state index contributed by atoms with van der Waals surface area (Å²) in [5, 5.41) is 2.67. The lowest BCUT2D eigenvalue weighted by molar-refractivity contribution is -0.123. The number of nitrogens with one attached hydrogen (secondary N) is 1. The predicted octanol–water partition coefficient (Wildman–Crippen LogP) is 3.01. The summed E-state index contributed by atoms with van der Waals surface area (Å²) in [7, 11) is 0.197. The molecule has 1 N–H and O–H groups in total. The first-order valence-electron chi connectivity index (χ1n) is 8.10. The fourth-order valence-electron chi connectivity index (χ4n) is 2.25. The summed E-state index contributed by atoms with van der Waals surface area (Å²) in [4.78, 5) is 25.1. The van der Waals surface area contributed by atoms with Gasteiger partial charge in [-0.25, -0.2) is 4.79 Å². The molecule has 26 heavy (non-hydrogen) atoms. The van der Waals surface area contributed by atoms with Crippen LogP contribution in [0.15, 0.2) is 53.4 Å². The molecule has 0 heterocycles. The van der Waals surface area contributed by atoms with Crippen LogP contribution >= 0.6 is 0 Å². The molecule has 2 atom stereocenters. The molecule has 0 saturated carbocycles. The SMILES string of the molecule is CC[S@](=O)c1ccccc1C(=O)O[C@@H](C)C(=O)Nc1ccccc1OC. The van der Waals surface area contributed by atoms with Crippen LogP contribution in [-0.2, 0) is 20.3 Å². The Kier molecular flexibility index (Phi) is 6.91. The number of carbonyl (C=O) groups is 2. The largest absolute Gasteiger partial charge is 0.495 e. The lowest BCUT2D eigenvalue weighted by atomic mass is 10.2. The lowest BCUT2D eigenvalue weighted by Crippen LogP contribution is -2.30. The number of rotatable bonds is 7. The van der Waals surface area contributed by atoms with Crippen molar-refractivity contribution in [1.82, 2.24) is 0 Å². The number of anilines is 1. The highest BCUT2D eigenvalue weighted by molar-refractivity contribution is 7.85. The van der Waals surface area contributed by atoms with E-state index >= 15 is 0 Å². The van der Waals surface area contributed by atoms with Gasteiger partial charge in [0.05, 0.1) is 34.1 Å². The van der Waals surface area contributed by atoms with E-state index in [9.17, 15) is 13.8 Å². The van der Waals surface area contributed by atoms with Crippen molar-refractivity contribution in [2.24, 2.45) is 0 Å². The molecule has 1 amide bonds. The first-order valence-corrected chi connectivity index (χ1v) is 9.42. The molecule has 138 valence electrons. The van der Waals surface area contributed by atoms with Gasteiger partial charge in [0, 0.05) is 5.75 Å². The van der Waals surface area contributed by atoms with E-state index < -0.39 is 28.8 Å². The fraction of sp³-hybridized carbons (Fsp3) is 0.263. The van der Waals surface area contributed by atoms with Crippen molar-refractivity contribution in [2.75, 3.05) is 18.2 Å². The second-order valence-corrected chi connectivity index (χ2v) is 7.08. The average molecular weight is 375 g/mol. The summed E-state index contributed by atoms with van der Waals surface area (Å²) in [5.41, 5.74) is 0.681. The fourth-order valence-corrected chi connectivity index (χ4v) is 3.19. The molecule has 7 heteroatoms. The van der Waals surface area contributed by atoms with Crippen LogP contribution in [0.5, 0.6) is 5.75 Å². The predicted molar refractivity (Wildman–Crippen MR) is 99.9 cm³/mol. The third-order valence-electron chi connectivity index (χ3n) is 3.63. The van der Waals surface area contributed by atoms with Gasteiger partial charge in [0.2, 0.25) is 0 Å². The van der Waals surface area contributed by atoms with E-state index in [1.165, 1.54) is 20.1 Å². The van der Waals surface area contributed by atoms with Gasteiger partial charge in [0.15, 0.2) is 6.10 Å². The Bertz CT molecular complexity index is 821. The number of amides is 1. The van der Waals surface area contributed by atoms with E-state index in [4.69, 9.17) is 9.47 Å². The summed E-state index contributed by atoms with van der Waals surface area (Å²) in [6.45, 7) is 3.24. The van der Waals surface area contributed by atoms with E-state index in [0.717, 1.165) is 0 Å². The second kappa shape index (κ2) is 9.15. The molecular formula is C19H21NO5S. The maximum absolute atomic E-state index is 12.4. The third-order valence-corrected chi connectivity index (χ3v) is 5.00. The van der Waals surface area contributed by atoms with Gasteiger partial charge >= 0.3 is 5.97 Å². The van der Waals surface area contributed by atoms with Crippen molar-refractivity contribution in [3.05, 3.63) is 54.1 Å². The van der Waals surface area contributed by atoms with Gasteiger partial charge in [-0.1, -0.05) is 31.2 Å². The van der Waals surface area contributed by atoms with E-state index in [-0.39, 0.29) is 5.56 Å². The van der Waals surface area contributed by atoms with Crippen LogP contribution in [0.3, 0.4) is 0 Å². The molecule has 0 aliphatic carbocycles. The molecular weight excluding hydrogens is 354 g/mol. The molecule has 0 unspecified atom stereocenters. The molecule has 0 aromatic heterocycles. The third kappa shape index (κ3) is 4.70. The molecule has 0 spiro atoms. The maximum atomic E-state index is 12.4. The number of hydrogen-bond acceptors (Lipinski definition) is 5. The Morgan fingerprint density at radius 1 is 1.12 bits per heavy atom. The van der Waals surface area contributed by atoms with Crippen LogP contribution in [0.4, 0.5) is 5.69 Å². The molecule has 0 saturated heterocycles. The number of ether oxygens (including phenoxy) is 2. The average Bonchev–Trinajstić information content (AvgIpc) is 2.67. The minimum absolute atomic E-state index is 0.199. The van der Waals surface area contributed by atoms with E-state index in [2.05, 4.69) is 5.32 Å². The van der Waals surface area contributed by atoms with Gasteiger partial charge < -0.3 is 14.8 Å². The molecule has 0 bridgehead atoms. The van der Waals surface area contributed by atoms with E-state index in [1.807, 2.05) is 0 Å². The van der Waals surface area contributed by atoms with Crippen LogP contribution in [0, 0.1) is 0 Å².